The Labute approximate surface area is 156 Å². The highest BCUT2D eigenvalue weighted by molar-refractivity contribution is 8.00. The van der Waals surface area contributed by atoms with Gasteiger partial charge < -0.3 is 5.32 Å². The zero-order chi connectivity index (χ0) is 17.8. The molecule has 4 aliphatic carbocycles. The minimum absolute atomic E-state index is 0.138. The first-order valence-corrected chi connectivity index (χ1v) is 10.8. The summed E-state index contributed by atoms with van der Waals surface area (Å²) >= 11 is 1.73. The Kier molecular flexibility index (Phi) is 4.42. The van der Waals surface area contributed by atoms with E-state index in [0.29, 0.717) is 5.75 Å². The number of carbonyl (C=O) groups excluding carboxylic acids is 1. The zero-order valence-electron chi connectivity index (χ0n) is 16.1. The predicted molar refractivity (Wildman–Crippen MR) is 105 cm³/mol. The Morgan fingerprint density at radius 3 is 1.96 bits per heavy atom. The minimum atomic E-state index is 0.138. The molecule has 4 aliphatic rings. The van der Waals surface area contributed by atoms with Crippen LogP contribution in [-0.2, 0) is 4.79 Å². The quantitative estimate of drug-likeness (QED) is 0.760. The average molecular weight is 358 g/mol. The molecule has 0 aliphatic heterocycles. The highest BCUT2D eigenvalue weighted by atomic mass is 32.2. The SMILES string of the molecule is Cc1cc(C)c(C)c(SCC(=O)NC23CC4CC(CC(C4)C2)C3)c1C. The molecule has 1 N–H and O–H groups in total. The lowest BCUT2D eigenvalue weighted by Gasteiger charge is -2.56. The van der Waals surface area contributed by atoms with Gasteiger partial charge in [-0.2, -0.15) is 0 Å². The van der Waals surface area contributed by atoms with E-state index in [-0.39, 0.29) is 11.4 Å². The lowest BCUT2D eigenvalue weighted by molar-refractivity contribution is -0.124. The normalized spacial score (nSPS) is 32.9. The maximum Gasteiger partial charge on any atom is 0.230 e. The van der Waals surface area contributed by atoms with E-state index in [2.05, 4.69) is 39.1 Å². The molecule has 25 heavy (non-hydrogen) atoms. The fraction of sp³-hybridized carbons (Fsp3) is 0.682. The Morgan fingerprint density at radius 2 is 1.48 bits per heavy atom. The van der Waals surface area contributed by atoms with E-state index in [9.17, 15) is 4.79 Å². The third-order valence-corrected chi connectivity index (χ3v) is 8.40. The maximum absolute atomic E-state index is 12.8. The fourth-order valence-corrected chi connectivity index (χ4v) is 7.23. The first kappa shape index (κ1) is 17.5. The predicted octanol–water partition coefficient (Wildman–Crippen LogP) is 5.10. The second kappa shape index (κ2) is 6.33. The van der Waals surface area contributed by atoms with E-state index < -0.39 is 0 Å². The van der Waals surface area contributed by atoms with Gasteiger partial charge in [0.2, 0.25) is 5.91 Å². The molecule has 0 heterocycles. The number of benzene rings is 1. The average Bonchev–Trinajstić information content (AvgIpc) is 2.51. The van der Waals surface area contributed by atoms with Crippen molar-refractivity contribution >= 4 is 17.7 Å². The third kappa shape index (κ3) is 3.25. The summed E-state index contributed by atoms with van der Waals surface area (Å²) in [6.07, 6.45) is 7.96. The van der Waals surface area contributed by atoms with Crippen LogP contribution in [0, 0.1) is 45.4 Å². The number of thioether (sulfide) groups is 1. The second-order valence-corrected chi connectivity index (χ2v) is 10.1. The summed E-state index contributed by atoms with van der Waals surface area (Å²) in [4.78, 5) is 14.1. The van der Waals surface area contributed by atoms with Crippen LogP contribution in [-0.4, -0.2) is 17.2 Å². The standard InChI is InChI=1S/C22H31NOS/c1-13-5-14(2)16(4)21(15(13)3)25-12-20(24)23-22-9-17-6-18(10-22)8-19(7-17)11-22/h5,17-19H,6-12H2,1-4H3,(H,23,24). The zero-order valence-corrected chi connectivity index (χ0v) is 16.9. The molecule has 0 spiro atoms. The number of amides is 1. The van der Waals surface area contributed by atoms with Crippen LogP contribution in [0.1, 0.15) is 60.8 Å². The Hall–Kier alpha value is -0.960. The van der Waals surface area contributed by atoms with Crippen molar-refractivity contribution in [2.75, 3.05) is 5.75 Å². The van der Waals surface area contributed by atoms with Crippen molar-refractivity contribution < 1.29 is 4.79 Å². The van der Waals surface area contributed by atoms with E-state index in [1.807, 2.05) is 0 Å². The van der Waals surface area contributed by atoms with Crippen molar-refractivity contribution in [2.24, 2.45) is 17.8 Å². The highest BCUT2D eigenvalue weighted by Gasteiger charge is 2.51. The van der Waals surface area contributed by atoms with Gasteiger partial charge in [0, 0.05) is 10.4 Å². The first-order valence-electron chi connectivity index (χ1n) is 9.86. The highest BCUT2D eigenvalue weighted by Crippen LogP contribution is 2.55. The van der Waals surface area contributed by atoms with E-state index in [1.54, 1.807) is 11.8 Å². The molecule has 136 valence electrons. The number of carbonyl (C=O) groups is 1. The minimum Gasteiger partial charge on any atom is -0.350 e. The number of rotatable bonds is 4. The number of nitrogens with one attached hydrogen (secondary N) is 1. The molecule has 0 radical (unpaired) electrons. The summed E-state index contributed by atoms with van der Waals surface area (Å²) in [6.45, 7) is 8.70. The van der Waals surface area contributed by atoms with Crippen molar-refractivity contribution in [1.82, 2.24) is 5.32 Å². The number of hydrogen-bond donors (Lipinski definition) is 1. The lowest BCUT2D eigenvalue weighted by atomic mass is 9.53. The molecule has 4 fully saturated rings. The van der Waals surface area contributed by atoms with Gasteiger partial charge in [-0.3, -0.25) is 4.79 Å². The summed E-state index contributed by atoms with van der Waals surface area (Å²) in [6, 6.07) is 2.25. The molecule has 0 aromatic heterocycles. The summed E-state index contributed by atoms with van der Waals surface area (Å²) < 4.78 is 0. The molecule has 5 rings (SSSR count). The summed E-state index contributed by atoms with van der Waals surface area (Å²) in [5.41, 5.74) is 5.45. The Morgan fingerprint density at radius 1 is 1.00 bits per heavy atom. The van der Waals surface area contributed by atoms with E-state index in [0.717, 1.165) is 17.8 Å². The molecule has 4 saturated carbocycles. The van der Waals surface area contributed by atoms with Crippen molar-refractivity contribution in [3.63, 3.8) is 0 Å². The van der Waals surface area contributed by atoms with Crippen LogP contribution in [0.25, 0.3) is 0 Å². The van der Waals surface area contributed by atoms with Crippen molar-refractivity contribution in [3.05, 3.63) is 28.3 Å². The van der Waals surface area contributed by atoms with Gasteiger partial charge in [0.15, 0.2) is 0 Å². The molecular weight excluding hydrogens is 326 g/mol. The molecule has 0 atom stereocenters. The van der Waals surface area contributed by atoms with Crippen LogP contribution in [0.4, 0.5) is 0 Å². The van der Waals surface area contributed by atoms with Crippen LogP contribution in [0.3, 0.4) is 0 Å². The smallest absolute Gasteiger partial charge is 0.230 e. The molecule has 2 nitrogen and oxygen atoms in total. The second-order valence-electron chi connectivity index (χ2n) is 9.12. The van der Waals surface area contributed by atoms with Gasteiger partial charge in [0.25, 0.3) is 0 Å². The number of aryl methyl sites for hydroxylation is 2. The Bertz CT molecular complexity index is 647. The van der Waals surface area contributed by atoms with Crippen molar-refractivity contribution in [2.45, 2.75) is 76.7 Å². The molecule has 0 saturated heterocycles. The van der Waals surface area contributed by atoms with Crippen LogP contribution in [0.15, 0.2) is 11.0 Å². The van der Waals surface area contributed by atoms with E-state index >= 15 is 0 Å². The largest absolute Gasteiger partial charge is 0.350 e. The topological polar surface area (TPSA) is 29.1 Å². The van der Waals surface area contributed by atoms with E-state index in [1.165, 1.54) is 65.7 Å². The third-order valence-electron chi connectivity index (χ3n) is 7.09. The fourth-order valence-electron chi connectivity index (χ4n) is 6.13. The van der Waals surface area contributed by atoms with Gasteiger partial charge in [-0.25, -0.2) is 0 Å². The van der Waals surface area contributed by atoms with Crippen molar-refractivity contribution in [3.8, 4) is 0 Å². The Balaban J connectivity index is 1.42. The monoisotopic (exact) mass is 357 g/mol. The van der Waals surface area contributed by atoms with Gasteiger partial charge in [-0.15, -0.1) is 11.8 Å². The molecule has 3 heteroatoms. The molecule has 0 unspecified atom stereocenters. The van der Waals surface area contributed by atoms with Crippen LogP contribution in [0.2, 0.25) is 0 Å². The number of hydrogen-bond acceptors (Lipinski definition) is 2. The molecule has 1 aromatic carbocycles. The molecular formula is C22H31NOS. The molecule has 1 amide bonds. The van der Waals surface area contributed by atoms with Gasteiger partial charge in [0.05, 0.1) is 5.75 Å². The van der Waals surface area contributed by atoms with Gasteiger partial charge in [0.1, 0.15) is 0 Å². The first-order chi connectivity index (χ1) is 11.8. The summed E-state index contributed by atoms with van der Waals surface area (Å²) in [7, 11) is 0. The maximum atomic E-state index is 12.8. The van der Waals surface area contributed by atoms with E-state index in [4.69, 9.17) is 0 Å². The van der Waals surface area contributed by atoms with Gasteiger partial charge >= 0.3 is 0 Å². The van der Waals surface area contributed by atoms with Gasteiger partial charge in [-0.1, -0.05) is 6.07 Å². The van der Waals surface area contributed by atoms with Gasteiger partial charge in [-0.05, 0) is 106 Å². The van der Waals surface area contributed by atoms with Crippen molar-refractivity contribution in [1.29, 1.82) is 0 Å². The summed E-state index contributed by atoms with van der Waals surface area (Å²) in [5, 5.41) is 3.50. The lowest BCUT2D eigenvalue weighted by Crippen LogP contribution is -2.60. The van der Waals surface area contributed by atoms with Crippen LogP contribution in [0.5, 0.6) is 0 Å². The van der Waals surface area contributed by atoms with Crippen LogP contribution < -0.4 is 5.32 Å². The molecule has 1 aromatic rings. The van der Waals surface area contributed by atoms with Crippen LogP contribution >= 0.6 is 11.8 Å². The molecule has 4 bridgehead atoms. The summed E-state index contributed by atoms with van der Waals surface area (Å²) in [5.74, 6) is 3.42.